The molecule has 6 heteroatoms. The number of thiazole rings is 1. The predicted molar refractivity (Wildman–Crippen MR) is 124 cm³/mol. The summed E-state index contributed by atoms with van der Waals surface area (Å²) >= 11 is 7.40. The predicted octanol–water partition coefficient (Wildman–Crippen LogP) is 7.11. The molecule has 4 nitrogen and oxygen atoms in total. The number of rotatable bonds is 9. The van der Waals surface area contributed by atoms with Crippen molar-refractivity contribution in [1.29, 1.82) is 5.26 Å². The van der Waals surface area contributed by atoms with E-state index in [-0.39, 0.29) is 0 Å². The van der Waals surface area contributed by atoms with Crippen LogP contribution in [-0.4, -0.2) is 18.2 Å². The Hall–Kier alpha value is -2.81. The quantitative estimate of drug-likeness (QED) is 0.264. The lowest BCUT2D eigenvalue weighted by Gasteiger charge is -2.12. The van der Waals surface area contributed by atoms with Crippen LogP contribution in [0.4, 0.5) is 0 Å². The van der Waals surface area contributed by atoms with Crippen molar-refractivity contribution >= 4 is 34.6 Å². The zero-order valence-corrected chi connectivity index (χ0v) is 18.6. The van der Waals surface area contributed by atoms with Crippen molar-refractivity contribution in [2.75, 3.05) is 13.2 Å². The molecule has 0 spiro atoms. The van der Waals surface area contributed by atoms with E-state index in [0.717, 1.165) is 35.4 Å². The molecule has 0 bridgehead atoms. The standard InChI is InChI=1S/C24H23ClN2O2S/c1-3-5-12-29-22-11-6-17(14-23(22)28-4-2)13-19(15-26)24-27-21(16-30-24)18-7-9-20(25)10-8-18/h6-11,13-14,16H,3-5,12H2,1-2H3/b19-13-. The molecular weight excluding hydrogens is 416 g/mol. The van der Waals surface area contributed by atoms with E-state index in [1.165, 1.54) is 11.3 Å². The van der Waals surface area contributed by atoms with Crippen LogP contribution in [0.15, 0.2) is 47.8 Å². The first-order valence-electron chi connectivity index (χ1n) is 9.87. The summed E-state index contributed by atoms with van der Waals surface area (Å²) in [4.78, 5) is 4.63. The van der Waals surface area contributed by atoms with Crippen LogP contribution < -0.4 is 9.47 Å². The maximum absolute atomic E-state index is 9.70. The topological polar surface area (TPSA) is 55.1 Å². The number of ether oxygens (including phenoxy) is 2. The molecule has 3 rings (SSSR count). The van der Waals surface area contributed by atoms with E-state index in [0.29, 0.717) is 34.6 Å². The van der Waals surface area contributed by atoms with Crippen molar-refractivity contribution < 1.29 is 9.47 Å². The van der Waals surface area contributed by atoms with Crippen LogP contribution in [0.5, 0.6) is 11.5 Å². The average Bonchev–Trinajstić information content (AvgIpc) is 3.24. The highest BCUT2D eigenvalue weighted by molar-refractivity contribution is 7.11. The molecule has 1 aromatic heterocycles. The first kappa shape index (κ1) is 21.9. The Morgan fingerprint density at radius 2 is 1.93 bits per heavy atom. The number of benzene rings is 2. The molecule has 2 aromatic carbocycles. The van der Waals surface area contributed by atoms with Gasteiger partial charge in [-0.2, -0.15) is 5.26 Å². The molecule has 0 radical (unpaired) electrons. The number of nitriles is 1. The third kappa shape index (κ3) is 5.63. The second-order valence-corrected chi connectivity index (χ2v) is 7.85. The zero-order valence-electron chi connectivity index (χ0n) is 17.0. The number of nitrogens with zero attached hydrogens (tertiary/aromatic N) is 2. The highest BCUT2D eigenvalue weighted by Gasteiger charge is 2.11. The molecule has 0 saturated heterocycles. The Kier molecular flexibility index (Phi) is 7.89. The number of hydrogen-bond donors (Lipinski definition) is 0. The lowest BCUT2D eigenvalue weighted by Crippen LogP contribution is -2.00. The largest absolute Gasteiger partial charge is 0.490 e. The number of hydrogen-bond acceptors (Lipinski definition) is 5. The third-order valence-electron chi connectivity index (χ3n) is 4.33. The summed E-state index contributed by atoms with van der Waals surface area (Å²) in [5.74, 6) is 1.40. The number of unbranched alkanes of at least 4 members (excludes halogenated alkanes) is 1. The average molecular weight is 439 g/mol. The fraction of sp³-hybridized carbons (Fsp3) is 0.250. The van der Waals surface area contributed by atoms with E-state index in [9.17, 15) is 5.26 Å². The molecule has 0 amide bonds. The monoisotopic (exact) mass is 438 g/mol. The van der Waals surface area contributed by atoms with Crippen LogP contribution in [0.3, 0.4) is 0 Å². The van der Waals surface area contributed by atoms with Crippen molar-refractivity contribution in [3.05, 3.63) is 63.4 Å². The Morgan fingerprint density at radius 1 is 1.13 bits per heavy atom. The minimum Gasteiger partial charge on any atom is -0.490 e. The van der Waals surface area contributed by atoms with E-state index < -0.39 is 0 Å². The molecule has 30 heavy (non-hydrogen) atoms. The van der Waals surface area contributed by atoms with Gasteiger partial charge in [-0.15, -0.1) is 11.3 Å². The van der Waals surface area contributed by atoms with E-state index in [2.05, 4.69) is 18.0 Å². The second-order valence-electron chi connectivity index (χ2n) is 6.56. The first-order chi connectivity index (χ1) is 14.6. The summed E-state index contributed by atoms with van der Waals surface area (Å²) in [5.41, 5.74) is 3.15. The molecule has 0 aliphatic heterocycles. The van der Waals surface area contributed by atoms with E-state index in [4.69, 9.17) is 21.1 Å². The fourth-order valence-electron chi connectivity index (χ4n) is 2.79. The molecule has 0 unspecified atom stereocenters. The number of allylic oxidation sites excluding steroid dienone is 1. The normalized spacial score (nSPS) is 11.2. The van der Waals surface area contributed by atoms with Crippen LogP contribution in [0, 0.1) is 11.3 Å². The minimum absolute atomic E-state index is 0.502. The molecule has 0 aliphatic carbocycles. The maximum atomic E-state index is 9.70. The van der Waals surface area contributed by atoms with E-state index in [1.54, 1.807) is 0 Å². The van der Waals surface area contributed by atoms with Crippen molar-refractivity contribution in [3.8, 4) is 28.8 Å². The van der Waals surface area contributed by atoms with Gasteiger partial charge in [-0.3, -0.25) is 0 Å². The van der Waals surface area contributed by atoms with Crippen LogP contribution in [0.2, 0.25) is 5.02 Å². The number of aromatic nitrogens is 1. The number of halogens is 1. The highest BCUT2D eigenvalue weighted by atomic mass is 35.5. The molecule has 0 fully saturated rings. The van der Waals surface area contributed by atoms with Crippen LogP contribution in [0.25, 0.3) is 22.9 Å². The van der Waals surface area contributed by atoms with Crippen LogP contribution >= 0.6 is 22.9 Å². The Labute approximate surface area is 186 Å². The van der Waals surface area contributed by atoms with Crippen molar-refractivity contribution in [2.45, 2.75) is 26.7 Å². The van der Waals surface area contributed by atoms with Gasteiger partial charge in [0.15, 0.2) is 11.5 Å². The zero-order chi connectivity index (χ0) is 21.3. The second kappa shape index (κ2) is 10.8. The van der Waals surface area contributed by atoms with Gasteiger partial charge in [-0.1, -0.05) is 43.1 Å². The van der Waals surface area contributed by atoms with Gasteiger partial charge in [0.25, 0.3) is 0 Å². The first-order valence-corrected chi connectivity index (χ1v) is 11.1. The van der Waals surface area contributed by atoms with Gasteiger partial charge >= 0.3 is 0 Å². The molecule has 1 heterocycles. The van der Waals surface area contributed by atoms with Crippen LogP contribution in [-0.2, 0) is 0 Å². The van der Waals surface area contributed by atoms with E-state index in [1.807, 2.05) is 60.8 Å². The molecule has 154 valence electrons. The minimum atomic E-state index is 0.502. The Morgan fingerprint density at radius 3 is 2.63 bits per heavy atom. The summed E-state index contributed by atoms with van der Waals surface area (Å²) in [5, 5.41) is 13.0. The summed E-state index contributed by atoms with van der Waals surface area (Å²) in [6.45, 7) is 5.26. The van der Waals surface area contributed by atoms with Gasteiger partial charge in [-0.25, -0.2) is 4.98 Å². The summed E-state index contributed by atoms with van der Waals surface area (Å²) < 4.78 is 11.6. The van der Waals surface area contributed by atoms with Gasteiger partial charge in [0, 0.05) is 16.0 Å². The lowest BCUT2D eigenvalue weighted by atomic mass is 10.1. The molecule has 0 N–H and O–H groups in total. The van der Waals surface area contributed by atoms with Crippen molar-refractivity contribution in [2.24, 2.45) is 0 Å². The fourth-order valence-corrected chi connectivity index (χ4v) is 3.71. The summed E-state index contributed by atoms with van der Waals surface area (Å²) in [7, 11) is 0. The summed E-state index contributed by atoms with van der Waals surface area (Å²) in [6, 6.07) is 15.5. The lowest BCUT2D eigenvalue weighted by molar-refractivity contribution is 0.272. The SMILES string of the molecule is CCCCOc1ccc(/C=C(/C#N)c2nc(-c3ccc(Cl)cc3)cs2)cc1OCC. The van der Waals surface area contributed by atoms with Crippen LogP contribution in [0.1, 0.15) is 37.3 Å². The van der Waals surface area contributed by atoms with Gasteiger partial charge in [0.05, 0.1) is 24.5 Å². The molecular formula is C24H23ClN2O2S. The molecule has 0 saturated carbocycles. The van der Waals surface area contributed by atoms with Crippen molar-refractivity contribution in [3.63, 3.8) is 0 Å². The Bertz CT molecular complexity index is 1050. The molecule has 0 atom stereocenters. The highest BCUT2D eigenvalue weighted by Crippen LogP contribution is 2.32. The molecule has 3 aromatic rings. The van der Waals surface area contributed by atoms with Gasteiger partial charge in [-0.05, 0) is 49.2 Å². The third-order valence-corrected chi connectivity index (χ3v) is 5.46. The van der Waals surface area contributed by atoms with Gasteiger partial charge in [0.2, 0.25) is 0 Å². The smallest absolute Gasteiger partial charge is 0.161 e. The maximum Gasteiger partial charge on any atom is 0.161 e. The van der Waals surface area contributed by atoms with E-state index >= 15 is 0 Å². The molecule has 0 aliphatic rings. The Balaban J connectivity index is 1.86. The van der Waals surface area contributed by atoms with Gasteiger partial charge < -0.3 is 9.47 Å². The summed E-state index contributed by atoms with van der Waals surface area (Å²) in [6.07, 6.45) is 3.89. The van der Waals surface area contributed by atoms with Crippen molar-refractivity contribution in [1.82, 2.24) is 4.98 Å². The van der Waals surface area contributed by atoms with Gasteiger partial charge in [0.1, 0.15) is 11.1 Å².